The van der Waals surface area contributed by atoms with E-state index in [9.17, 15) is 17.6 Å². The second kappa shape index (κ2) is 9.13. The number of benzene rings is 2. The van der Waals surface area contributed by atoms with Crippen molar-refractivity contribution in [3.05, 3.63) is 47.3 Å². The normalized spacial score (nSPS) is 17.6. The second-order valence-corrected chi connectivity index (χ2v) is 10.3. The van der Waals surface area contributed by atoms with Crippen LogP contribution in [-0.2, 0) is 16.4 Å². The van der Waals surface area contributed by atoms with Crippen LogP contribution < -0.4 is 19.1 Å². The first kappa shape index (κ1) is 23.8. The molecule has 11 heteroatoms. The lowest BCUT2D eigenvalue weighted by atomic mass is 9.99. The van der Waals surface area contributed by atoms with Crippen LogP contribution in [0.3, 0.4) is 0 Å². The number of nitrogens with zero attached hydrogens (tertiary/aromatic N) is 3. The largest absolute Gasteiger partial charge is 0.493 e. The highest BCUT2D eigenvalue weighted by atomic mass is 32.2. The zero-order chi connectivity index (χ0) is 24.6. The number of hydrogen-bond acceptors (Lipinski definition) is 6. The highest BCUT2D eigenvalue weighted by molar-refractivity contribution is 7.93. The number of rotatable bonds is 6. The third-order valence-electron chi connectivity index (χ3n) is 5.95. The monoisotopic (exact) mass is 490 g/mol. The Labute approximate surface area is 198 Å². The standard InChI is InChI=1S/C23H27FN4O5S/c1-14-11-18-19(22(33-4)21(32-3)12-20(18)24)13-25-28(14)23(29)27(2)16-7-5-15(6-8-16)26-34(30,31)17-9-10-17/h5-8,12-14,17,26H,9-11H2,1-4H3/t14-/m0/s1. The summed E-state index contributed by atoms with van der Waals surface area (Å²) >= 11 is 0. The molecule has 2 aromatic carbocycles. The lowest BCUT2D eigenvalue weighted by Crippen LogP contribution is -2.43. The molecule has 0 spiro atoms. The first-order valence-corrected chi connectivity index (χ1v) is 12.4. The number of amides is 2. The molecule has 0 radical (unpaired) electrons. The fourth-order valence-electron chi connectivity index (χ4n) is 3.87. The second-order valence-electron chi connectivity index (χ2n) is 8.36. The number of hydrazone groups is 1. The molecule has 2 aliphatic rings. The van der Waals surface area contributed by atoms with Gasteiger partial charge in [0.1, 0.15) is 5.82 Å². The predicted octanol–water partition coefficient (Wildman–Crippen LogP) is 3.58. The summed E-state index contributed by atoms with van der Waals surface area (Å²) in [6.07, 6.45) is 2.98. The van der Waals surface area contributed by atoms with E-state index in [1.807, 2.05) is 0 Å². The van der Waals surface area contributed by atoms with Gasteiger partial charge in [-0.25, -0.2) is 22.6 Å². The summed E-state index contributed by atoms with van der Waals surface area (Å²) in [7, 11) is 1.11. The first-order valence-electron chi connectivity index (χ1n) is 10.8. The van der Waals surface area contributed by atoms with Crippen LogP contribution in [0, 0.1) is 5.82 Å². The number of sulfonamides is 1. The van der Waals surface area contributed by atoms with Crippen molar-refractivity contribution >= 4 is 33.6 Å². The summed E-state index contributed by atoms with van der Waals surface area (Å²) in [4.78, 5) is 14.7. The minimum atomic E-state index is -3.37. The number of halogens is 1. The van der Waals surface area contributed by atoms with Crippen molar-refractivity contribution < 1.29 is 27.1 Å². The molecule has 182 valence electrons. The van der Waals surface area contributed by atoms with E-state index in [1.165, 1.54) is 36.4 Å². The average molecular weight is 491 g/mol. The predicted molar refractivity (Wildman–Crippen MR) is 128 cm³/mol. The van der Waals surface area contributed by atoms with Crippen LogP contribution >= 0.6 is 0 Å². The number of fused-ring (bicyclic) bond motifs is 1. The number of urea groups is 1. The quantitative estimate of drug-likeness (QED) is 0.667. The molecule has 0 unspecified atom stereocenters. The fraction of sp³-hybridized carbons (Fsp3) is 0.391. The van der Waals surface area contributed by atoms with Gasteiger partial charge in [-0.3, -0.25) is 9.62 Å². The van der Waals surface area contributed by atoms with E-state index in [4.69, 9.17) is 9.47 Å². The highest BCUT2D eigenvalue weighted by Crippen LogP contribution is 2.36. The number of ether oxygens (including phenoxy) is 2. The van der Waals surface area contributed by atoms with Crippen LogP contribution in [-0.4, -0.2) is 58.2 Å². The van der Waals surface area contributed by atoms with Gasteiger partial charge >= 0.3 is 6.03 Å². The molecule has 1 fully saturated rings. The van der Waals surface area contributed by atoms with Crippen molar-refractivity contribution in [2.24, 2.45) is 5.10 Å². The Kier molecular flexibility index (Phi) is 6.39. The van der Waals surface area contributed by atoms with Gasteiger partial charge in [-0.15, -0.1) is 0 Å². The SMILES string of the molecule is COc1cc(F)c2c(c1OC)C=NN(C(=O)N(C)c1ccc(NS(=O)(=O)C3CC3)cc1)[C@@H](C)C2. The Morgan fingerprint density at radius 1 is 1.21 bits per heavy atom. The summed E-state index contributed by atoms with van der Waals surface area (Å²) in [5.41, 5.74) is 1.80. The molecule has 0 aromatic heterocycles. The molecule has 2 amide bonds. The maximum absolute atomic E-state index is 14.8. The molecular weight excluding hydrogens is 463 g/mol. The van der Waals surface area contributed by atoms with E-state index < -0.39 is 27.9 Å². The van der Waals surface area contributed by atoms with Gasteiger partial charge in [-0.2, -0.15) is 5.10 Å². The first-order chi connectivity index (χ1) is 16.2. The van der Waals surface area contributed by atoms with Crippen molar-refractivity contribution in [2.75, 3.05) is 30.9 Å². The zero-order valence-electron chi connectivity index (χ0n) is 19.4. The Balaban J connectivity index is 1.55. The van der Waals surface area contributed by atoms with Crippen LogP contribution in [0.5, 0.6) is 11.5 Å². The lowest BCUT2D eigenvalue weighted by Gasteiger charge is -2.28. The van der Waals surface area contributed by atoms with Crippen LogP contribution in [0.4, 0.5) is 20.6 Å². The van der Waals surface area contributed by atoms with Crippen LogP contribution in [0.2, 0.25) is 0 Å². The molecule has 1 saturated carbocycles. The average Bonchev–Trinajstić information content (AvgIpc) is 3.67. The Bertz CT molecular complexity index is 1230. The summed E-state index contributed by atoms with van der Waals surface area (Å²) < 4.78 is 52.2. The molecule has 1 N–H and O–H groups in total. The molecule has 1 heterocycles. The maximum Gasteiger partial charge on any atom is 0.344 e. The van der Waals surface area contributed by atoms with Gasteiger partial charge in [0.15, 0.2) is 11.5 Å². The molecule has 1 aliphatic carbocycles. The van der Waals surface area contributed by atoms with E-state index in [-0.39, 0.29) is 17.4 Å². The number of anilines is 2. The molecule has 4 rings (SSSR count). The highest BCUT2D eigenvalue weighted by Gasteiger charge is 2.36. The molecule has 9 nitrogen and oxygen atoms in total. The van der Waals surface area contributed by atoms with Crippen LogP contribution in [0.25, 0.3) is 0 Å². The van der Waals surface area contributed by atoms with Gasteiger partial charge < -0.3 is 9.47 Å². The Morgan fingerprint density at radius 2 is 1.88 bits per heavy atom. The molecule has 0 bridgehead atoms. The molecule has 1 aliphatic heterocycles. The van der Waals surface area contributed by atoms with E-state index in [1.54, 1.807) is 38.2 Å². The van der Waals surface area contributed by atoms with Crippen molar-refractivity contribution in [3.63, 3.8) is 0 Å². The Hall–Kier alpha value is -3.34. The number of nitrogens with one attached hydrogen (secondary N) is 1. The topological polar surface area (TPSA) is 101 Å². The van der Waals surface area contributed by atoms with E-state index >= 15 is 0 Å². The zero-order valence-corrected chi connectivity index (χ0v) is 20.2. The Morgan fingerprint density at radius 3 is 2.47 bits per heavy atom. The lowest BCUT2D eigenvalue weighted by molar-refractivity contribution is 0.190. The summed E-state index contributed by atoms with van der Waals surface area (Å²) in [6.45, 7) is 1.78. The van der Waals surface area contributed by atoms with Gasteiger partial charge in [0.2, 0.25) is 10.0 Å². The van der Waals surface area contributed by atoms with Gasteiger partial charge in [0.05, 0.1) is 31.7 Å². The third-order valence-corrected chi connectivity index (χ3v) is 7.82. The van der Waals surface area contributed by atoms with E-state index in [0.717, 1.165) is 0 Å². The third kappa shape index (κ3) is 4.52. The van der Waals surface area contributed by atoms with Gasteiger partial charge in [-0.05, 0) is 50.5 Å². The fourth-order valence-corrected chi connectivity index (χ4v) is 5.26. The minimum absolute atomic E-state index is 0.225. The minimum Gasteiger partial charge on any atom is -0.493 e. The van der Waals surface area contributed by atoms with Crippen molar-refractivity contribution in [2.45, 2.75) is 37.5 Å². The van der Waals surface area contributed by atoms with E-state index in [2.05, 4.69) is 9.82 Å². The number of carbonyl (C=O) groups excluding carboxylic acids is 1. The van der Waals surface area contributed by atoms with Gasteiger partial charge in [0.25, 0.3) is 0 Å². The van der Waals surface area contributed by atoms with Gasteiger partial charge in [-0.1, -0.05) is 0 Å². The van der Waals surface area contributed by atoms with Crippen LogP contribution in [0.1, 0.15) is 30.9 Å². The molecule has 0 saturated heterocycles. The van der Waals surface area contributed by atoms with Gasteiger partial charge in [0, 0.05) is 35.6 Å². The van der Waals surface area contributed by atoms with Crippen molar-refractivity contribution in [1.29, 1.82) is 0 Å². The van der Waals surface area contributed by atoms with Crippen molar-refractivity contribution in [1.82, 2.24) is 5.01 Å². The smallest absolute Gasteiger partial charge is 0.344 e. The number of methoxy groups -OCH3 is 2. The molecular formula is C23H27FN4O5S. The number of carbonyl (C=O) groups is 1. The summed E-state index contributed by atoms with van der Waals surface area (Å²) in [5.74, 6) is 0.131. The van der Waals surface area contributed by atoms with Crippen LogP contribution in [0.15, 0.2) is 35.4 Å². The van der Waals surface area contributed by atoms with E-state index in [0.29, 0.717) is 41.1 Å². The molecule has 34 heavy (non-hydrogen) atoms. The molecule has 1 atom stereocenters. The summed E-state index contributed by atoms with van der Waals surface area (Å²) in [5, 5.41) is 5.29. The maximum atomic E-state index is 14.8. The number of hydrogen-bond donors (Lipinski definition) is 1. The van der Waals surface area contributed by atoms with Crippen molar-refractivity contribution in [3.8, 4) is 11.5 Å². The summed E-state index contributed by atoms with van der Waals surface area (Å²) in [6, 6.07) is 6.92. The molecule has 2 aromatic rings.